The fraction of sp³-hybridized carbons (Fsp3) is 0.412. The minimum atomic E-state index is 0.766. The second-order valence-electron chi connectivity index (χ2n) is 5.44. The second kappa shape index (κ2) is 7.11. The van der Waals surface area contributed by atoms with Gasteiger partial charge in [0, 0.05) is 30.5 Å². The van der Waals surface area contributed by atoms with Crippen LogP contribution < -0.4 is 4.90 Å². The number of aryl methyl sites for hydroxylation is 1. The number of nitrogens with zero attached hydrogens (tertiary/aromatic N) is 3. The zero-order valence-electron chi connectivity index (χ0n) is 13.1. The van der Waals surface area contributed by atoms with E-state index in [2.05, 4.69) is 48.4 Å². The first-order valence-electron chi connectivity index (χ1n) is 7.53. The summed E-state index contributed by atoms with van der Waals surface area (Å²) in [5.41, 5.74) is 3.40. The number of benzene rings is 1. The summed E-state index contributed by atoms with van der Waals surface area (Å²) in [5, 5.41) is 0. The van der Waals surface area contributed by atoms with Crippen LogP contribution in [0.4, 0.5) is 5.82 Å². The molecule has 0 aliphatic carbocycles. The van der Waals surface area contributed by atoms with Crippen molar-refractivity contribution < 1.29 is 4.74 Å². The molecule has 116 valence electrons. The van der Waals surface area contributed by atoms with Crippen molar-refractivity contribution in [1.82, 2.24) is 9.97 Å². The van der Waals surface area contributed by atoms with E-state index in [1.807, 2.05) is 0 Å². The van der Waals surface area contributed by atoms with Gasteiger partial charge in [-0.05, 0) is 13.2 Å². The SMILES string of the molecule is CSCc1cc(N2CCOCC2)nc(-c2ccc(C)cc2)n1. The van der Waals surface area contributed by atoms with Crippen LogP contribution >= 0.6 is 11.8 Å². The highest BCUT2D eigenvalue weighted by Gasteiger charge is 2.15. The van der Waals surface area contributed by atoms with Gasteiger partial charge >= 0.3 is 0 Å². The Hall–Kier alpha value is -1.59. The van der Waals surface area contributed by atoms with E-state index in [0.717, 1.165) is 55.0 Å². The van der Waals surface area contributed by atoms with E-state index in [-0.39, 0.29) is 0 Å². The predicted molar refractivity (Wildman–Crippen MR) is 92.5 cm³/mol. The molecule has 1 aromatic carbocycles. The van der Waals surface area contributed by atoms with Crippen LogP contribution in [0.25, 0.3) is 11.4 Å². The quantitative estimate of drug-likeness (QED) is 0.866. The van der Waals surface area contributed by atoms with Crippen molar-refractivity contribution in [2.45, 2.75) is 12.7 Å². The molecule has 2 heterocycles. The summed E-state index contributed by atoms with van der Waals surface area (Å²) in [5.74, 6) is 2.73. The van der Waals surface area contributed by atoms with E-state index >= 15 is 0 Å². The Labute approximate surface area is 135 Å². The zero-order chi connectivity index (χ0) is 15.4. The van der Waals surface area contributed by atoms with Gasteiger partial charge in [0.15, 0.2) is 5.82 Å². The smallest absolute Gasteiger partial charge is 0.161 e. The fourth-order valence-electron chi connectivity index (χ4n) is 2.49. The maximum Gasteiger partial charge on any atom is 0.161 e. The lowest BCUT2D eigenvalue weighted by Gasteiger charge is -2.28. The van der Waals surface area contributed by atoms with Gasteiger partial charge in [0.05, 0.1) is 18.9 Å². The molecule has 22 heavy (non-hydrogen) atoms. The van der Waals surface area contributed by atoms with Crippen molar-refractivity contribution in [3.63, 3.8) is 0 Å². The molecule has 2 aromatic rings. The topological polar surface area (TPSA) is 38.2 Å². The molecular formula is C17H21N3OS. The summed E-state index contributed by atoms with van der Waals surface area (Å²) >= 11 is 1.78. The van der Waals surface area contributed by atoms with Gasteiger partial charge in [-0.25, -0.2) is 9.97 Å². The summed E-state index contributed by atoms with van der Waals surface area (Å²) in [6.07, 6.45) is 2.10. The first-order valence-corrected chi connectivity index (χ1v) is 8.92. The Bertz CT molecular complexity index is 624. The Morgan fingerprint density at radius 3 is 2.55 bits per heavy atom. The lowest BCUT2D eigenvalue weighted by molar-refractivity contribution is 0.122. The Balaban J connectivity index is 1.97. The number of hydrogen-bond acceptors (Lipinski definition) is 5. The van der Waals surface area contributed by atoms with E-state index in [9.17, 15) is 0 Å². The summed E-state index contributed by atoms with van der Waals surface area (Å²) < 4.78 is 5.44. The molecule has 5 heteroatoms. The summed E-state index contributed by atoms with van der Waals surface area (Å²) in [4.78, 5) is 11.8. The van der Waals surface area contributed by atoms with Gasteiger partial charge in [-0.15, -0.1) is 0 Å². The molecule has 0 radical (unpaired) electrons. The molecule has 1 fully saturated rings. The van der Waals surface area contributed by atoms with Crippen molar-refractivity contribution >= 4 is 17.6 Å². The molecule has 0 amide bonds. The van der Waals surface area contributed by atoms with Gasteiger partial charge in [-0.2, -0.15) is 11.8 Å². The second-order valence-corrected chi connectivity index (χ2v) is 6.31. The Kier molecular flexibility index (Phi) is 4.95. The molecule has 1 saturated heterocycles. The maximum atomic E-state index is 5.44. The lowest BCUT2D eigenvalue weighted by atomic mass is 10.1. The first kappa shape index (κ1) is 15.3. The Morgan fingerprint density at radius 2 is 1.86 bits per heavy atom. The van der Waals surface area contributed by atoms with Crippen LogP contribution in [0.3, 0.4) is 0 Å². The third-order valence-corrected chi connectivity index (χ3v) is 4.29. The van der Waals surface area contributed by atoms with Crippen LogP contribution in [-0.4, -0.2) is 42.5 Å². The van der Waals surface area contributed by atoms with E-state index in [0.29, 0.717) is 0 Å². The summed E-state index contributed by atoms with van der Waals surface area (Å²) in [7, 11) is 0. The molecule has 0 atom stereocenters. The van der Waals surface area contributed by atoms with Crippen molar-refractivity contribution in [2.75, 3.05) is 37.5 Å². The van der Waals surface area contributed by atoms with E-state index in [4.69, 9.17) is 14.7 Å². The minimum absolute atomic E-state index is 0.766. The van der Waals surface area contributed by atoms with Crippen molar-refractivity contribution in [1.29, 1.82) is 0 Å². The van der Waals surface area contributed by atoms with Crippen LogP contribution in [0, 0.1) is 6.92 Å². The standard InChI is InChI=1S/C17H21N3OS/c1-13-3-5-14(6-4-13)17-18-15(12-22-2)11-16(19-17)20-7-9-21-10-8-20/h3-6,11H,7-10,12H2,1-2H3. The van der Waals surface area contributed by atoms with Crippen molar-refractivity contribution in [3.05, 3.63) is 41.6 Å². The lowest BCUT2D eigenvalue weighted by Crippen LogP contribution is -2.37. The van der Waals surface area contributed by atoms with Gasteiger partial charge in [-0.3, -0.25) is 0 Å². The van der Waals surface area contributed by atoms with E-state index < -0.39 is 0 Å². The van der Waals surface area contributed by atoms with Gasteiger partial charge in [0.25, 0.3) is 0 Å². The highest BCUT2D eigenvalue weighted by molar-refractivity contribution is 7.97. The first-order chi connectivity index (χ1) is 10.8. The monoisotopic (exact) mass is 315 g/mol. The van der Waals surface area contributed by atoms with Crippen LogP contribution in [0.5, 0.6) is 0 Å². The fourth-order valence-corrected chi connectivity index (χ4v) is 2.93. The number of rotatable bonds is 4. The normalized spacial score (nSPS) is 15.1. The molecule has 1 aliphatic heterocycles. The predicted octanol–water partition coefficient (Wildman–Crippen LogP) is 3.15. The summed E-state index contributed by atoms with van der Waals surface area (Å²) in [6, 6.07) is 10.5. The van der Waals surface area contributed by atoms with Crippen LogP contribution in [0.2, 0.25) is 0 Å². The molecule has 3 rings (SSSR count). The number of aromatic nitrogens is 2. The van der Waals surface area contributed by atoms with Crippen LogP contribution in [0.1, 0.15) is 11.3 Å². The molecule has 0 unspecified atom stereocenters. The molecule has 0 N–H and O–H groups in total. The van der Waals surface area contributed by atoms with E-state index in [1.54, 1.807) is 11.8 Å². The van der Waals surface area contributed by atoms with E-state index in [1.165, 1.54) is 5.56 Å². The largest absolute Gasteiger partial charge is 0.378 e. The van der Waals surface area contributed by atoms with Gasteiger partial charge < -0.3 is 9.64 Å². The number of morpholine rings is 1. The third-order valence-electron chi connectivity index (χ3n) is 3.70. The van der Waals surface area contributed by atoms with Crippen LogP contribution in [0.15, 0.2) is 30.3 Å². The molecule has 0 spiro atoms. The van der Waals surface area contributed by atoms with Gasteiger partial charge in [0.2, 0.25) is 0 Å². The molecular weight excluding hydrogens is 294 g/mol. The van der Waals surface area contributed by atoms with Gasteiger partial charge in [0.1, 0.15) is 5.82 Å². The average molecular weight is 315 g/mol. The highest BCUT2D eigenvalue weighted by atomic mass is 32.2. The van der Waals surface area contributed by atoms with Crippen molar-refractivity contribution in [3.8, 4) is 11.4 Å². The van der Waals surface area contributed by atoms with Crippen LogP contribution in [-0.2, 0) is 10.5 Å². The molecule has 4 nitrogen and oxygen atoms in total. The molecule has 1 aromatic heterocycles. The zero-order valence-corrected chi connectivity index (χ0v) is 13.9. The summed E-state index contributed by atoms with van der Waals surface area (Å²) in [6.45, 7) is 5.41. The number of ether oxygens (including phenoxy) is 1. The average Bonchev–Trinajstić information content (AvgIpc) is 2.56. The number of anilines is 1. The van der Waals surface area contributed by atoms with Gasteiger partial charge in [-0.1, -0.05) is 29.8 Å². The number of hydrogen-bond donors (Lipinski definition) is 0. The Morgan fingerprint density at radius 1 is 1.14 bits per heavy atom. The maximum absolute atomic E-state index is 5.44. The third kappa shape index (κ3) is 3.59. The molecule has 1 aliphatic rings. The molecule has 0 bridgehead atoms. The minimum Gasteiger partial charge on any atom is -0.378 e. The number of thioether (sulfide) groups is 1. The highest BCUT2D eigenvalue weighted by Crippen LogP contribution is 2.23. The van der Waals surface area contributed by atoms with Crippen molar-refractivity contribution in [2.24, 2.45) is 0 Å². The molecule has 0 saturated carbocycles.